The molecular formula is C14H19BrFN. The van der Waals surface area contributed by atoms with Crippen LogP contribution in [0.25, 0.3) is 0 Å². The van der Waals surface area contributed by atoms with Crippen LogP contribution in [0, 0.1) is 11.7 Å². The zero-order valence-electron chi connectivity index (χ0n) is 10.4. The summed E-state index contributed by atoms with van der Waals surface area (Å²) in [4.78, 5) is 0. The highest BCUT2D eigenvalue weighted by molar-refractivity contribution is 9.10. The van der Waals surface area contributed by atoms with Gasteiger partial charge in [0.25, 0.3) is 0 Å². The van der Waals surface area contributed by atoms with E-state index in [1.165, 1.54) is 6.42 Å². The molecule has 0 bridgehead atoms. The first-order valence-corrected chi connectivity index (χ1v) is 7.02. The van der Waals surface area contributed by atoms with E-state index in [0.717, 1.165) is 29.4 Å². The highest BCUT2D eigenvalue weighted by Crippen LogP contribution is 2.32. The molecule has 1 aliphatic heterocycles. The Morgan fingerprint density at radius 1 is 1.47 bits per heavy atom. The van der Waals surface area contributed by atoms with E-state index in [4.69, 9.17) is 0 Å². The first-order valence-electron chi connectivity index (χ1n) is 6.22. The van der Waals surface area contributed by atoms with E-state index >= 15 is 0 Å². The Morgan fingerprint density at radius 3 is 2.82 bits per heavy atom. The maximum Gasteiger partial charge on any atom is 0.126 e. The summed E-state index contributed by atoms with van der Waals surface area (Å²) in [6, 6.07) is 5.20. The minimum absolute atomic E-state index is 0.0711. The van der Waals surface area contributed by atoms with Crippen molar-refractivity contribution in [1.29, 1.82) is 0 Å². The molecule has 1 atom stereocenters. The fourth-order valence-corrected chi connectivity index (χ4v) is 3.10. The standard InChI is InChI=1S/C14H19BrFN/c1-10(2)14(6-3-7-17-14)9-11-8-12(15)4-5-13(11)16/h4-5,8,10,17H,3,6-7,9H2,1-2H3. The Hall–Kier alpha value is -0.410. The van der Waals surface area contributed by atoms with Gasteiger partial charge in [0.05, 0.1) is 0 Å². The molecule has 1 unspecified atom stereocenters. The molecule has 0 aliphatic carbocycles. The number of benzene rings is 1. The van der Waals surface area contributed by atoms with Crippen LogP contribution in [0.5, 0.6) is 0 Å². The monoisotopic (exact) mass is 299 g/mol. The third-order valence-corrected chi connectivity index (χ3v) is 4.39. The molecule has 94 valence electrons. The van der Waals surface area contributed by atoms with Crippen molar-refractivity contribution in [3.63, 3.8) is 0 Å². The molecule has 1 N–H and O–H groups in total. The van der Waals surface area contributed by atoms with Crippen molar-refractivity contribution < 1.29 is 4.39 Å². The zero-order chi connectivity index (χ0) is 12.5. The second kappa shape index (κ2) is 5.07. The van der Waals surface area contributed by atoms with E-state index in [0.29, 0.717) is 5.92 Å². The van der Waals surface area contributed by atoms with Crippen molar-refractivity contribution in [2.24, 2.45) is 5.92 Å². The molecule has 1 aromatic rings. The van der Waals surface area contributed by atoms with Gasteiger partial charge in [-0.3, -0.25) is 0 Å². The molecule has 0 saturated carbocycles. The largest absolute Gasteiger partial charge is 0.311 e. The minimum Gasteiger partial charge on any atom is -0.311 e. The summed E-state index contributed by atoms with van der Waals surface area (Å²) in [7, 11) is 0. The van der Waals surface area contributed by atoms with Crippen molar-refractivity contribution in [3.05, 3.63) is 34.1 Å². The van der Waals surface area contributed by atoms with Gasteiger partial charge in [-0.25, -0.2) is 4.39 Å². The SMILES string of the molecule is CC(C)C1(Cc2cc(Br)ccc2F)CCCN1. The van der Waals surface area contributed by atoms with Gasteiger partial charge < -0.3 is 5.32 Å². The third kappa shape index (κ3) is 2.71. The highest BCUT2D eigenvalue weighted by atomic mass is 79.9. The molecule has 0 radical (unpaired) electrons. The molecule has 1 aromatic carbocycles. The van der Waals surface area contributed by atoms with Crippen LogP contribution in [0.2, 0.25) is 0 Å². The predicted molar refractivity (Wildman–Crippen MR) is 72.6 cm³/mol. The van der Waals surface area contributed by atoms with Gasteiger partial charge in [0.1, 0.15) is 5.82 Å². The lowest BCUT2D eigenvalue weighted by atomic mass is 9.79. The Labute approximate surface area is 111 Å². The summed E-state index contributed by atoms with van der Waals surface area (Å²) in [6.07, 6.45) is 3.10. The number of hydrogen-bond donors (Lipinski definition) is 1. The zero-order valence-corrected chi connectivity index (χ0v) is 12.0. The van der Waals surface area contributed by atoms with Crippen molar-refractivity contribution in [2.45, 2.75) is 38.6 Å². The lowest BCUT2D eigenvalue weighted by Crippen LogP contribution is -2.46. The van der Waals surface area contributed by atoms with Gasteiger partial charge in [-0.2, -0.15) is 0 Å². The van der Waals surface area contributed by atoms with Crippen molar-refractivity contribution in [1.82, 2.24) is 5.32 Å². The van der Waals surface area contributed by atoms with Crippen LogP contribution in [0.4, 0.5) is 4.39 Å². The van der Waals surface area contributed by atoms with Gasteiger partial charge in [-0.05, 0) is 55.5 Å². The topological polar surface area (TPSA) is 12.0 Å². The summed E-state index contributed by atoms with van der Waals surface area (Å²) in [5, 5.41) is 3.58. The van der Waals surface area contributed by atoms with Crippen LogP contribution in [0.1, 0.15) is 32.3 Å². The Bertz CT molecular complexity index is 397. The average Bonchev–Trinajstić information content (AvgIpc) is 2.73. The maximum absolute atomic E-state index is 13.8. The number of nitrogens with one attached hydrogen (secondary N) is 1. The molecular weight excluding hydrogens is 281 g/mol. The summed E-state index contributed by atoms with van der Waals surface area (Å²) < 4.78 is 14.8. The van der Waals surface area contributed by atoms with Crippen LogP contribution in [-0.2, 0) is 6.42 Å². The van der Waals surface area contributed by atoms with Crippen LogP contribution >= 0.6 is 15.9 Å². The number of hydrogen-bond acceptors (Lipinski definition) is 1. The summed E-state index contributed by atoms with van der Waals surface area (Å²) >= 11 is 3.41. The van der Waals surface area contributed by atoms with Crippen LogP contribution in [-0.4, -0.2) is 12.1 Å². The third-order valence-electron chi connectivity index (χ3n) is 3.90. The molecule has 0 spiro atoms. The fraction of sp³-hybridized carbons (Fsp3) is 0.571. The molecule has 0 aromatic heterocycles. The van der Waals surface area contributed by atoms with Gasteiger partial charge in [0.15, 0.2) is 0 Å². The first-order chi connectivity index (χ1) is 8.03. The van der Waals surface area contributed by atoms with Gasteiger partial charge in [-0.15, -0.1) is 0 Å². The quantitative estimate of drug-likeness (QED) is 0.892. The predicted octanol–water partition coefficient (Wildman–Crippen LogP) is 3.91. The van der Waals surface area contributed by atoms with Gasteiger partial charge in [0.2, 0.25) is 0 Å². The number of halogens is 2. The maximum atomic E-state index is 13.8. The van der Waals surface area contributed by atoms with E-state index in [1.54, 1.807) is 12.1 Å². The average molecular weight is 300 g/mol. The highest BCUT2D eigenvalue weighted by Gasteiger charge is 2.37. The lowest BCUT2D eigenvalue weighted by Gasteiger charge is -2.34. The Kier molecular flexibility index (Phi) is 3.88. The molecule has 1 aliphatic rings. The molecule has 17 heavy (non-hydrogen) atoms. The van der Waals surface area contributed by atoms with E-state index in [-0.39, 0.29) is 11.4 Å². The molecule has 1 saturated heterocycles. The normalized spacial score (nSPS) is 24.5. The van der Waals surface area contributed by atoms with Crippen molar-refractivity contribution in [3.8, 4) is 0 Å². The van der Waals surface area contributed by atoms with E-state index in [1.807, 2.05) is 6.07 Å². The molecule has 3 heteroatoms. The fourth-order valence-electron chi connectivity index (χ4n) is 2.70. The van der Waals surface area contributed by atoms with E-state index in [2.05, 4.69) is 35.1 Å². The Morgan fingerprint density at radius 2 is 2.24 bits per heavy atom. The van der Waals surface area contributed by atoms with Crippen LogP contribution in [0.15, 0.2) is 22.7 Å². The van der Waals surface area contributed by atoms with Gasteiger partial charge in [0, 0.05) is 10.0 Å². The minimum atomic E-state index is -0.0954. The number of rotatable bonds is 3. The molecule has 1 heterocycles. The molecule has 2 rings (SSSR count). The van der Waals surface area contributed by atoms with Crippen LogP contribution < -0.4 is 5.32 Å². The first kappa shape index (κ1) is 13.0. The second-order valence-electron chi connectivity index (χ2n) is 5.25. The Balaban J connectivity index is 2.26. The summed E-state index contributed by atoms with van der Waals surface area (Å²) in [5.74, 6) is 0.422. The smallest absolute Gasteiger partial charge is 0.126 e. The second-order valence-corrected chi connectivity index (χ2v) is 6.17. The summed E-state index contributed by atoms with van der Waals surface area (Å²) in [5.41, 5.74) is 0.879. The van der Waals surface area contributed by atoms with Gasteiger partial charge in [-0.1, -0.05) is 29.8 Å². The molecule has 1 fully saturated rings. The molecule has 0 amide bonds. The van der Waals surface area contributed by atoms with E-state index < -0.39 is 0 Å². The summed E-state index contributed by atoms with van der Waals surface area (Å²) in [6.45, 7) is 5.48. The lowest BCUT2D eigenvalue weighted by molar-refractivity contribution is 0.266. The molecule has 1 nitrogen and oxygen atoms in total. The van der Waals surface area contributed by atoms with Crippen LogP contribution in [0.3, 0.4) is 0 Å². The van der Waals surface area contributed by atoms with Gasteiger partial charge >= 0.3 is 0 Å². The van der Waals surface area contributed by atoms with Crippen molar-refractivity contribution >= 4 is 15.9 Å². The van der Waals surface area contributed by atoms with E-state index in [9.17, 15) is 4.39 Å². The van der Waals surface area contributed by atoms with Crippen molar-refractivity contribution in [2.75, 3.05) is 6.54 Å².